The van der Waals surface area contributed by atoms with Crippen LogP contribution in [-0.4, -0.2) is 24.7 Å². The summed E-state index contributed by atoms with van der Waals surface area (Å²) in [6.07, 6.45) is -4.03. The number of halogens is 4. The normalized spacial score (nSPS) is 13.6. The Morgan fingerprint density at radius 2 is 1.89 bits per heavy atom. The summed E-state index contributed by atoms with van der Waals surface area (Å²) in [5.74, 6) is -2.97. The van der Waals surface area contributed by atoms with Crippen molar-refractivity contribution in [2.24, 2.45) is 0 Å². The summed E-state index contributed by atoms with van der Waals surface area (Å²) in [5, 5.41) is 9.39. The molecule has 1 rings (SSSR count). The van der Waals surface area contributed by atoms with Gasteiger partial charge in [0.15, 0.2) is 0 Å². The van der Waals surface area contributed by atoms with Gasteiger partial charge in [0, 0.05) is 5.02 Å². The van der Waals surface area contributed by atoms with Crippen LogP contribution >= 0.6 is 11.6 Å². The summed E-state index contributed by atoms with van der Waals surface area (Å²) in [7, 11) is 0.896. The summed E-state index contributed by atoms with van der Waals surface area (Å²) in [5.41, 5.74) is 0.352. The first kappa shape index (κ1) is 14.4. The number of benzene rings is 1. The molecule has 0 atom stereocenters. The molecule has 3 nitrogen and oxygen atoms in total. The molecule has 0 aliphatic heterocycles. The van der Waals surface area contributed by atoms with E-state index in [1.807, 2.05) is 0 Å². The zero-order chi connectivity index (χ0) is 13.8. The minimum Gasteiger partial charge on any atom is -0.474 e. The van der Waals surface area contributed by atoms with E-state index in [0.29, 0.717) is 10.6 Å². The minimum atomic E-state index is -4.86. The fraction of sp³-hybridized carbons (Fsp3) is 0.182. The summed E-state index contributed by atoms with van der Waals surface area (Å²) in [6.45, 7) is 0. The maximum Gasteiger partial charge on any atom is 0.518 e. The second kappa shape index (κ2) is 5.77. The third-order valence-corrected chi connectivity index (χ3v) is 2.08. The molecule has 0 radical (unpaired) electrons. The van der Waals surface area contributed by atoms with Crippen LogP contribution in [0.25, 0.3) is 0 Å². The number of aliphatic hydroxyl groups is 1. The number of alkyl halides is 3. The molecule has 0 bridgehead atoms. The van der Waals surface area contributed by atoms with E-state index in [0.717, 1.165) is 13.4 Å². The van der Waals surface area contributed by atoms with Crippen molar-refractivity contribution in [3.63, 3.8) is 0 Å². The second-order valence-electron chi connectivity index (χ2n) is 3.12. The number of aldehydes is 1. The average molecular weight is 282 g/mol. The molecule has 0 amide bonds. The Balaban J connectivity index is 3.02. The third kappa shape index (κ3) is 3.96. The van der Waals surface area contributed by atoms with Crippen LogP contribution in [0.5, 0.6) is 0 Å². The molecule has 0 aliphatic rings. The number of hydrogen-bond donors (Lipinski definition) is 1. The van der Waals surface area contributed by atoms with Gasteiger partial charge in [-0.2, -0.15) is 13.2 Å². The fourth-order valence-electron chi connectivity index (χ4n) is 0.999. The van der Waals surface area contributed by atoms with Gasteiger partial charge in [-0.1, -0.05) is 11.6 Å². The molecule has 1 aromatic carbocycles. The van der Waals surface area contributed by atoms with E-state index >= 15 is 0 Å². The Kier molecular flexibility index (Phi) is 4.61. The van der Waals surface area contributed by atoms with E-state index in [9.17, 15) is 13.2 Å². The Bertz CT molecular complexity index is 463. The molecular formula is C11H9ClF3O3+. The molecule has 0 spiro atoms. The van der Waals surface area contributed by atoms with Gasteiger partial charge < -0.3 is 9.84 Å². The van der Waals surface area contributed by atoms with E-state index in [4.69, 9.17) is 16.7 Å². The molecule has 0 saturated heterocycles. The highest BCUT2D eigenvalue weighted by Crippen LogP contribution is 2.28. The van der Waals surface area contributed by atoms with Gasteiger partial charge in [-0.3, -0.25) is 0 Å². The lowest BCUT2D eigenvalue weighted by Gasteiger charge is -1.99. The van der Waals surface area contributed by atoms with E-state index < -0.39 is 17.9 Å². The highest BCUT2D eigenvalue weighted by atomic mass is 35.5. The van der Waals surface area contributed by atoms with Gasteiger partial charge in [-0.15, -0.1) is 0 Å². The number of rotatable bonds is 3. The maximum atomic E-state index is 12.5. The van der Waals surface area contributed by atoms with Crippen molar-refractivity contribution in [2.45, 2.75) is 6.18 Å². The summed E-state index contributed by atoms with van der Waals surface area (Å²) in [4.78, 5) is 0. The molecule has 0 unspecified atom stereocenters. The van der Waals surface area contributed by atoms with Crippen LogP contribution in [0, 0.1) is 0 Å². The molecule has 1 aromatic rings. The fourth-order valence-corrected chi connectivity index (χ4v) is 1.13. The predicted octanol–water partition coefficient (Wildman–Crippen LogP) is 3.62. The highest BCUT2D eigenvalue weighted by Gasteiger charge is 2.49. The van der Waals surface area contributed by atoms with Gasteiger partial charge in [0.1, 0.15) is 0 Å². The van der Waals surface area contributed by atoms with Crippen LogP contribution in [-0.2, 0) is 4.74 Å². The molecule has 0 saturated carbocycles. The number of carbonyl (C=O) groups excluding carboxylic acids is 1. The molecule has 0 fully saturated rings. The van der Waals surface area contributed by atoms with Gasteiger partial charge in [-0.05, 0) is 24.3 Å². The molecule has 18 heavy (non-hydrogen) atoms. The first-order valence-electron chi connectivity index (χ1n) is 4.64. The molecule has 1 N–H and O–H groups in total. The molecule has 0 heterocycles. The third-order valence-electron chi connectivity index (χ3n) is 1.83. The van der Waals surface area contributed by atoms with Crippen molar-refractivity contribution < 1.29 is 27.4 Å². The van der Waals surface area contributed by atoms with E-state index in [1.165, 1.54) is 24.3 Å². The lowest BCUT2D eigenvalue weighted by molar-refractivity contribution is -0.292. The first-order chi connectivity index (χ1) is 8.34. The van der Waals surface area contributed by atoms with Crippen molar-refractivity contribution in [1.82, 2.24) is 0 Å². The van der Waals surface area contributed by atoms with Gasteiger partial charge in [0.2, 0.25) is 0 Å². The Morgan fingerprint density at radius 3 is 2.33 bits per heavy atom. The monoisotopic (exact) mass is 281 g/mol. The molecule has 0 aliphatic carbocycles. The van der Waals surface area contributed by atoms with Crippen LogP contribution in [0.3, 0.4) is 0 Å². The number of hydrogen-bond acceptors (Lipinski definition) is 2. The van der Waals surface area contributed by atoms with Crippen molar-refractivity contribution in [3.8, 4) is 0 Å². The van der Waals surface area contributed by atoms with Crippen molar-refractivity contribution >= 4 is 17.9 Å². The summed E-state index contributed by atoms with van der Waals surface area (Å²) < 4.78 is 45.9. The van der Waals surface area contributed by atoms with E-state index in [1.54, 1.807) is 0 Å². The molecule has 7 heteroatoms. The van der Waals surface area contributed by atoms with Crippen LogP contribution in [0.4, 0.5) is 13.2 Å². The predicted molar refractivity (Wildman–Crippen MR) is 59.6 cm³/mol. The maximum absolute atomic E-state index is 12.5. The first-order valence-corrected chi connectivity index (χ1v) is 5.02. The van der Waals surface area contributed by atoms with Gasteiger partial charge in [0.25, 0.3) is 0 Å². The zero-order valence-corrected chi connectivity index (χ0v) is 9.92. The topological polar surface area (TPSA) is 40.8 Å². The van der Waals surface area contributed by atoms with Crippen molar-refractivity contribution in [2.75, 3.05) is 7.11 Å². The smallest absolute Gasteiger partial charge is 0.474 e. The van der Waals surface area contributed by atoms with Gasteiger partial charge >= 0.3 is 24.2 Å². The van der Waals surface area contributed by atoms with Crippen LogP contribution in [0.15, 0.2) is 36.0 Å². The summed E-state index contributed by atoms with van der Waals surface area (Å²) >= 11 is 5.62. The lowest BCUT2D eigenvalue weighted by Crippen LogP contribution is -2.14. The molecule has 98 valence electrons. The standard InChI is InChI=1S/C11H8ClF3O3/c1-17-10(16)9(11(13,14)15)18-6-7-2-4-8(12)5-3-7/h2-6H,1H3/p+1/b10-9+. The number of ether oxygens (including phenoxy) is 1. The van der Waals surface area contributed by atoms with Crippen LogP contribution in [0.1, 0.15) is 9.99 Å². The van der Waals surface area contributed by atoms with Gasteiger partial charge in [-0.25, -0.2) is 4.42 Å². The number of aliphatic hydroxyl groups excluding tert-OH is 1. The average Bonchev–Trinajstić information content (AvgIpc) is 2.29. The summed E-state index contributed by atoms with van der Waals surface area (Å²) in [6, 6.07) is 5.90. The second-order valence-corrected chi connectivity index (χ2v) is 3.56. The minimum absolute atomic E-state index is 0.352. The Hall–Kier alpha value is -1.69. The number of allylic oxidation sites excluding steroid dienone is 1. The lowest BCUT2D eigenvalue weighted by atomic mass is 10.2. The van der Waals surface area contributed by atoms with Crippen molar-refractivity contribution in [1.29, 1.82) is 0 Å². The Morgan fingerprint density at radius 1 is 1.33 bits per heavy atom. The zero-order valence-electron chi connectivity index (χ0n) is 9.16. The SMILES string of the molecule is CO/C(O)=C(/[O+]=Cc1ccc(Cl)cc1)C(F)(F)F. The molecule has 0 aromatic heterocycles. The highest BCUT2D eigenvalue weighted by molar-refractivity contribution is 6.30. The van der Waals surface area contributed by atoms with E-state index in [2.05, 4.69) is 9.16 Å². The van der Waals surface area contributed by atoms with Crippen LogP contribution in [0.2, 0.25) is 5.02 Å². The largest absolute Gasteiger partial charge is 0.518 e. The van der Waals surface area contributed by atoms with E-state index in [-0.39, 0.29) is 0 Å². The Labute approximate surface area is 106 Å². The van der Waals surface area contributed by atoms with Crippen molar-refractivity contribution in [3.05, 3.63) is 46.6 Å². The number of methoxy groups -OCH3 is 1. The van der Waals surface area contributed by atoms with Crippen LogP contribution < -0.4 is 0 Å². The molecular weight excluding hydrogens is 273 g/mol. The quantitative estimate of drug-likeness (QED) is 0.522. The van der Waals surface area contributed by atoms with Gasteiger partial charge in [0.05, 0.1) is 12.7 Å².